The first-order valence-electron chi connectivity index (χ1n) is 6.35. The normalized spacial score (nSPS) is 10.5. The summed E-state index contributed by atoms with van der Waals surface area (Å²) in [6.45, 7) is 0. The van der Waals surface area contributed by atoms with Crippen molar-refractivity contribution in [1.82, 2.24) is 20.1 Å². The molecular formula is C13H14ClN5O2S. The highest BCUT2D eigenvalue weighted by Gasteiger charge is 2.12. The summed E-state index contributed by atoms with van der Waals surface area (Å²) in [7, 11) is 1.84. The Morgan fingerprint density at radius 1 is 1.32 bits per heavy atom. The molecule has 2 rings (SSSR count). The number of thioether (sulfide) groups is 1. The summed E-state index contributed by atoms with van der Waals surface area (Å²) in [5.74, 6) is 0.756. The number of benzene rings is 1. The smallest absolute Gasteiger partial charge is 0.318 e. The molecule has 22 heavy (non-hydrogen) atoms. The molecule has 116 valence electrons. The SMILES string of the molecule is Cn1c(SCCC(=O)NC(N)=O)nnc1-c1ccc(Cl)cc1. The van der Waals surface area contributed by atoms with Gasteiger partial charge < -0.3 is 10.3 Å². The zero-order valence-electron chi connectivity index (χ0n) is 11.7. The Balaban J connectivity index is 1.98. The fourth-order valence-electron chi connectivity index (χ4n) is 1.73. The number of nitrogens with zero attached hydrogens (tertiary/aromatic N) is 3. The van der Waals surface area contributed by atoms with Crippen LogP contribution in [0.4, 0.5) is 4.79 Å². The van der Waals surface area contributed by atoms with Gasteiger partial charge in [-0.2, -0.15) is 0 Å². The topological polar surface area (TPSA) is 103 Å². The Bertz CT molecular complexity index is 686. The molecule has 0 atom stereocenters. The first kappa shape index (κ1) is 16.3. The molecule has 1 heterocycles. The summed E-state index contributed by atoms with van der Waals surface area (Å²) >= 11 is 7.23. The molecule has 9 heteroatoms. The number of carbonyl (C=O) groups is 2. The van der Waals surface area contributed by atoms with Crippen molar-refractivity contribution in [2.24, 2.45) is 12.8 Å². The lowest BCUT2D eigenvalue weighted by Gasteiger charge is -2.04. The zero-order valence-corrected chi connectivity index (χ0v) is 13.3. The first-order chi connectivity index (χ1) is 10.5. The number of imide groups is 1. The van der Waals surface area contributed by atoms with Crippen LogP contribution < -0.4 is 11.1 Å². The van der Waals surface area contributed by atoms with E-state index in [1.807, 2.05) is 29.1 Å². The van der Waals surface area contributed by atoms with Gasteiger partial charge in [0.1, 0.15) is 0 Å². The molecule has 0 radical (unpaired) electrons. The van der Waals surface area contributed by atoms with Crippen LogP contribution in [0.5, 0.6) is 0 Å². The van der Waals surface area contributed by atoms with Crippen molar-refractivity contribution in [3.05, 3.63) is 29.3 Å². The first-order valence-corrected chi connectivity index (χ1v) is 7.71. The van der Waals surface area contributed by atoms with E-state index in [2.05, 4.69) is 10.2 Å². The predicted molar refractivity (Wildman–Crippen MR) is 84.5 cm³/mol. The van der Waals surface area contributed by atoms with Gasteiger partial charge in [-0.15, -0.1) is 10.2 Å². The highest BCUT2D eigenvalue weighted by molar-refractivity contribution is 7.99. The van der Waals surface area contributed by atoms with Crippen LogP contribution in [0.3, 0.4) is 0 Å². The molecule has 0 spiro atoms. The molecule has 0 aliphatic carbocycles. The van der Waals surface area contributed by atoms with Gasteiger partial charge in [0.15, 0.2) is 11.0 Å². The van der Waals surface area contributed by atoms with Crippen LogP contribution in [0.25, 0.3) is 11.4 Å². The Kier molecular flexibility index (Phi) is 5.40. The number of nitrogens with two attached hydrogens (primary N) is 1. The molecule has 0 bridgehead atoms. The standard InChI is InChI=1S/C13H14ClN5O2S/c1-19-11(8-2-4-9(14)5-3-8)17-18-13(19)22-7-6-10(20)16-12(15)21/h2-5H,6-7H2,1H3,(H3,15,16,20,21). The maximum absolute atomic E-state index is 11.3. The molecule has 0 aliphatic rings. The molecule has 0 unspecified atom stereocenters. The number of nitrogens with one attached hydrogen (secondary N) is 1. The average Bonchev–Trinajstić information content (AvgIpc) is 2.81. The maximum Gasteiger partial charge on any atom is 0.318 e. The maximum atomic E-state index is 11.3. The van der Waals surface area contributed by atoms with E-state index in [0.717, 1.165) is 5.56 Å². The van der Waals surface area contributed by atoms with E-state index in [4.69, 9.17) is 17.3 Å². The van der Waals surface area contributed by atoms with Crippen molar-refractivity contribution in [3.63, 3.8) is 0 Å². The minimum absolute atomic E-state index is 0.163. The van der Waals surface area contributed by atoms with Crippen molar-refractivity contribution in [3.8, 4) is 11.4 Å². The highest BCUT2D eigenvalue weighted by atomic mass is 35.5. The van der Waals surface area contributed by atoms with Gasteiger partial charge in [-0.25, -0.2) is 4.79 Å². The van der Waals surface area contributed by atoms with Crippen molar-refractivity contribution in [2.45, 2.75) is 11.6 Å². The second-order valence-electron chi connectivity index (χ2n) is 4.38. The van der Waals surface area contributed by atoms with Crippen LogP contribution in [-0.2, 0) is 11.8 Å². The molecule has 3 N–H and O–H groups in total. The van der Waals surface area contributed by atoms with Crippen LogP contribution in [0.1, 0.15) is 6.42 Å². The lowest BCUT2D eigenvalue weighted by atomic mass is 10.2. The largest absolute Gasteiger partial charge is 0.351 e. The minimum atomic E-state index is -0.848. The molecule has 7 nitrogen and oxygen atoms in total. The number of aromatic nitrogens is 3. The van der Waals surface area contributed by atoms with E-state index in [1.165, 1.54) is 11.8 Å². The molecule has 0 aliphatic heterocycles. The molecule has 0 fully saturated rings. The Hall–Kier alpha value is -2.06. The van der Waals surface area contributed by atoms with E-state index >= 15 is 0 Å². The molecule has 3 amide bonds. The fraction of sp³-hybridized carbons (Fsp3) is 0.231. The van der Waals surface area contributed by atoms with E-state index < -0.39 is 11.9 Å². The Labute approximate surface area is 136 Å². The van der Waals surface area contributed by atoms with Crippen LogP contribution in [0, 0.1) is 0 Å². The third-order valence-electron chi connectivity index (χ3n) is 2.76. The fourth-order valence-corrected chi connectivity index (χ4v) is 2.70. The summed E-state index contributed by atoms with van der Waals surface area (Å²) in [4.78, 5) is 21.8. The van der Waals surface area contributed by atoms with Crippen LogP contribution >= 0.6 is 23.4 Å². The highest BCUT2D eigenvalue weighted by Crippen LogP contribution is 2.24. The van der Waals surface area contributed by atoms with Crippen LogP contribution in [0.2, 0.25) is 5.02 Å². The molecular weight excluding hydrogens is 326 g/mol. The third-order valence-corrected chi connectivity index (χ3v) is 4.03. The zero-order chi connectivity index (χ0) is 16.1. The van der Waals surface area contributed by atoms with Gasteiger partial charge in [0.25, 0.3) is 0 Å². The molecule has 1 aromatic carbocycles. The van der Waals surface area contributed by atoms with Gasteiger partial charge in [-0.05, 0) is 24.3 Å². The van der Waals surface area contributed by atoms with Crippen molar-refractivity contribution < 1.29 is 9.59 Å². The quantitative estimate of drug-likeness (QED) is 0.809. The number of urea groups is 1. The lowest BCUT2D eigenvalue weighted by Crippen LogP contribution is -2.35. The second-order valence-corrected chi connectivity index (χ2v) is 5.88. The number of primary amides is 1. The molecule has 0 saturated heterocycles. The number of halogens is 1. The van der Waals surface area contributed by atoms with Gasteiger partial charge in [0.2, 0.25) is 5.91 Å². The van der Waals surface area contributed by atoms with Crippen LogP contribution in [-0.4, -0.2) is 32.5 Å². The summed E-state index contributed by atoms with van der Waals surface area (Å²) in [5, 5.41) is 11.6. The van der Waals surface area contributed by atoms with E-state index in [-0.39, 0.29) is 6.42 Å². The number of rotatable bonds is 5. The number of hydrogen-bond acceptors (Lipinski definition) is 5. The van der Waals surface area contributed by atoms with Crippen molar-refractivity contribution in [2.75, 3.05) is 5.75 Å². The molecule has 1 aromatic heterocycles. The molecule has 0 saturated carbocycles. The number of hydrogen-bond donors (Lipinski definition) is 2. The minimum Gasteiger partial charge on any atom is -0.351 e. The van der Waals surface area contributed by atoms with E-state index in [0.29, 0.717) is 21.8 Å². The summed E-state index contributed by atoms with van der Waals surface area (Å²) in [6, 6.07) is 6.44. The number of carbonyl (C=O) groups excluding carboxylic acids is 2. The van der Waals surface area contributed by atoms with Gasteiger partial charge in [0, 0.05) is 29.8 Å². The lowest BCUT2D eigenvalue weighted by molar-refractivity contribution is -0.119. The van der Waals surface area contributed by atoms with Crippen molar-refractivity contribution >= 4 is 35.3 Å². The summed E-state index contributed by atoms with van der Waals surface area (Å²) < 4.78 is 1.83. The Morgan fingerprint density at radius 2 is 2.00 bits per heavy atom. The second kappa shape index (κ2) is 7.28. The summed E-state index contributed by atoms with van der Waals surface area (Å²) in [5.41, 5.74) is 5.77. The monoisotopic (exact) mass is 339 g/mol. The van der Waals surface area contributed by atoms with Gasteiger partial charge >= 0.3 is 6.03 Å². The predicted octanol–water partition coefficient (Wildman–Crippen LogP) is 1.81. The van der Waals surface area contributed by atoms with Crippen LogP contribution in [0.15, 0.2) is 29.4 Å². The van der Waals surface area contributed by atoms with Gasteiger partial charge in [-0.1, -0.05) is 23.4 Å². The van der Waals surface area contributed by atoms with Gasteiger partial charge in [-0.3, -0.25) is 10.1 Å². The number of amides is 3. The van der Waals surface area contributed by atoms with E-state index in [9.17, 15) is 9.59 Å². The van der Waals surface area contributed by atoms with Gasteiger partial charge in [0.05, 0.1) is 0 Å². The third kappa shape index (κ3) is 4.22. The van der Waals surface area contributed by atoms with E-state index in [1.54, 1.807) is 12.1 Å². The molecule has 2 aromatic rings. The average molecular weight is 340 g/mol. The van der Waals surface area contributed by atoms with Crippen molar-refractivity contribution in [1.29, 1.82) is 0 Å². The Morgan fingerprint density at radius 3 is 2.64 bits per heavy atom. The summed E-state index contributed by atoms with van der Waals surface area (Å²) in [6.07, 6.45) is 0.163.